The van der Waals surface area contributed by atoms with Gasteiger partial charge in [-0.05, 0) is 51.8 Å². The van der Waals surface area contributed by atoms with E-state index in [2.05, 4.69) is 41.3 Å². The van der Waals surface area contributed by atoms with Crippen molar-refractivity contribution >= 4 is 0 Å². The number of pyridine rings is 1. The topological polar surface area (TPSA) is 28.2 Å². The first-order valence-corrected chi connectivity index (χ1v) is 7.13. The molecule has 1 N–H and O–H groups in total. The molecule has 1 aromatic heterocycles. The van der Waals surface area contributed by atoms with Crippen molar-refractivity contribution in [2.75, 3.05) is 7.05 Å². The van der Waals surface area contributed by atoms with Gasteiger partial charge in [-0.25, -0.2) is 0 Å². The predicted molar refractivity (Wildman–Crippen MR) is 73.4 cm³/mol. The average Bonchev–Trinajstić information content (AvgIpc) is 2.63. The van der Waals surface area contributed by atoms with Crippen LogP contribution in [0, 0.1) is 0 Å². The van der Waals surface area contributed by atoms with Gasteiger partial charge in [0.15, 0.2) is 0 Å². The second-order valence-electron chi connectivity index (χ2n) is 5.86. The maximum atomic E-state index is 4.44. The van der Waals surface area contributed by atoms with Crippen molar-refractivity contribution in [3.63, 3.8) is 0 Å². The summed E-state index contributed by atoms with van der Waals surface area (Å²) in [5.41, 5.74) is 1.16. The van der Waals surface area contributed by atoms with Gasteiger partial charge in [0.05, 0.1) is 5.69 Å². The van der Waals surface area contributed by atoms with E-state index in [1.54, 1.807) is 0 Å². The van der Waals surface area contributed by atoms with Gasteiger partial charge >= 0.3 is 0 Å². The standard InChI is InChI=1S/C15H23N3/c1-11(15-5-3-4-8-16-15)17-12-9-13-6-7-14(10-12)18(13)2/h3-5,8,11-14,17H,6-7,9-10H2,1-2H3. The number of hydrogen-bond donors (Lipinski definition) is 1. The number of aromatic nitrogens is 1. The third-order valence-electron chi connectivity index (χ3n) is 4.72. The van der Waals surface area contributed by atoms with E-state index in [4.69, 9.17) is 0 Å². The Kier molecular flexibility index (Phi) is 3.35. The molecule has 3 nitrogen and oxygen atoms in total. The largest absolute Gasteiger partial charge is 0.306 e. The summed E-state index contributed by atoms with van der Waals surface area (Å²) in [6, 6.07) is 8.79. The number of fused-ring (bicyclic) bond motifs is 2. The second-order valence-corrected chi connectivity index (χ2v) is 5.86. The third-order valence-corrected chi connectivity index (χ3v) is 4.72. The second kappa shape index (κ2) is 4.98. The number of nitrogens with zero attached hydrogens (tertiary/aromatic N) is 2. The number of piperidine rings is 1. The molecule has 2 fully saturated rings. The lowest BCUT2D eigenvalue weighted by Crippen LogP contribution is -2.47. The molecule has 2 aliphatic heterocycles. The van der Waals surface area contributed by atoms with Crippen LogP contribution in [0.3, 0.4) is 0 Å². The highest BCUT2D eigenvalue weighted by Crippen LogP contribution is 2.34. The summed E-state index contributed by atoms with van der Waals surface area (Å²) >= 11 is 0. The Bertz CT molecular complexity index is 378. The summed E-state index contributed by atoms with van der Waals surface area (Å²) in [4.78, 5) is 7.03. The van der Waals surface area contributed by atoms with Crippen LogP contribution in [0.5, 0.6) is 0 Å². The van der Waals surface area contributed by atoms with Gasteiger partial charge in [0, 0.05) is 30.4 Å². The summed E-state index contributed by atoms with van der Waals surface area (Å²) < 4.78 is 0. The van der Waals surface area contributed by atoms with Crippen molar-refractivity contribution in [3.05, 3.63) is 30.1 Å². The Hall–Kier alpha value is -0.930. The molecule has 3 heterocycles. The van der Waals surface area contributed by atoms with E-state index in [-0.39, 0.29) is 0 Å². The van der Waals surface area contributed by atoms with Crippen molar-refractivity contribution < 1.29 is 0 Å². The van der Waals surface area contributed by atoms with Crippen LogP contribution in [0.15, 0.2) is 24.4 Å². The lowest BCUT2D eigenvalue weighted by atomic mass is 9.97. The molecule has 3 rings (SSSR count). The molecule has 0 amide bonds. The molecule has 3 heteroatoms. The number of rotatable bonds is 3. The highest BCUT2D eigenvalue weighted by atomic mass is 15.2. The van der Waals surface area contributed by atoms with Gasteiger partial charge in [-0.15, -0.1) is 0 Å². The molecule has 18 heavy (non-hydrogen) atoms. The molecule has 2 bridgehead atoms. The molecular formula is C15H23N3. The molecule has 3 unspecified atom stereocenters. The van der Waals surface area contributed by atoms with E-state index in [0.717, 1.165) is 17.8 Å². The van der Waals surface area contributed by atoms with Crippen LogP contribution in [0.25, 0.3) is 0 Å². The lowest BCUT2D eigenvalue weighted by Gasteiger charge is -2.37. The van der Waals surface area contributed by atoms with E-state index >= 15 is 0 Å². The van der Waals surface area contributed by atoms with Crippen molar-refractivity contribution in [1.29, 1.82) is 0 Å². The average molecular weight is 245 g/mol. The van der Waals surface area contributed by atoms with Crippen LogP contribution < -0.4 is 5.32 Å². The molecule has 2 aliphatic rings. The van der Waals surface area contributed by atoms with Gasteiger partial charge in [-0.3, -0.25) is 4.98 Å². The molecule has 0 radical (unpaired) electrons. The Balaban J connectivity index is 1.61. The number of hydrogen-bond acceptors (Lipinski definition) is 3. The maximum Gasteiger partial charge on any atom is 0.0570 e. The SMILES string of the molecule is CC(NC1CC2CCC(C1)N2C)c1ccccn1. The third kappa shape index (κ3) is 2.29. The van der Waals surface area contributed by atoms with Crippen molar-refractivity contribution in [3.8, 4) is 0 Å². The Morgan fingerprint density at radius 1 is 1.28 bits per heavy atom. The maximum absolute atomic E-state index is 4.44. The molecule has 0 spiro atoms. The highest BCUT2D eigenvalue weighted by molar-refractivity contribution is 5.08. The summed E-state index contributed by atoms with van der Waals surface area (Å²) in [5, 5.41) is 3.77. The summed E-state index contributed by atoms with van der Waals surface area (Å²) in [7, 11) is 2.29. The zero-order valence-corrected chi connectivity index (χ0v) is 11.3. The molecule has 1 aromatic rings. The van der Waals surface area contributed by atoms with Crippen LogP contribution in [0.4, 0.5) is 0 Å². The van der Waals surface area contributed by atoms with Crippen LogP contribution in [-0.4, -0.2) is 35.1 Å². The quantitative estimate of drug-likeness (QED) is 0.886. The first-order valence-electron chi connectivity index (χ1n) is 7.13. The van der Waals surface area contributed by atoms with Crippen LogP contribution in [-0.2, 0) is 0 Å². The van der Waals surface area contributed by atoms with Gasteiger partial charge in [-0.2, -0.15) is 0 Å². The predicted octanol–water partition coefficient (Wildman–Crippen LogP) is 2.36. The molecular weight excluding hydrogens is 222 g/mol. The Morgan fingerprint density at radius 2 is 2.00 bits per heavy atom. The summed E-state index contributed by atoms with van der Waals surface area (Å²) in [5.74, 6) is 0. The monoisotopic (exact) mass is 245 g/mol. The molecule has 3 atom stereocenters. The minimum atomic E-state index is 0.360. The Morgan fingerprint density at radius 3 is 2.61 bits per heavy atom. The number of nitrogens with one attached hydrogen (secondary N) is 1. The fraction of sp³-hybridized carbons (Fsp3) is 0.667. The first kappa shape index (κ1) is 12.1. The van der Waals surface area contributed by atoms with Gasteiger partial charge in [-0.1, -0.05) is 6.07 Å². The fourth-order valence-electron chi connectivity index (χ4n) is 3.62. The normalized spacial score (nSPS) is 33.6. The molecule has 0 aliphatic carbocycles. The summed E-state index contributed by atoms with van der Waals surface area (Å²) in [6.45, 7) is 2.22. The molecule has 0 saturated carbocycles. The van der Waals surface area contributed by atoms with E-state index in [1.807, 2.05) is 12.3 Å². The van der Waals surface area contributed by atoms with Gasteiger partial charge in [0.2, 0.25) is 0 Å². The van der Waals surface area contributed by atoms with Crippen molar-refractivity contribution in [2.24, 2.45) is 0 Å². The van der Waals surface area contributed by atoms with Crippen LogP contribution in [0.1, 0.15) is 44.3 Å². The van der Waals surface area contributed by atoms with E-state index < -0.39 is 0 Å². The molecule has 2 saturated heterocycles. The minimum Gasteiger partial charge on any atom is -0.306 e. The summed E-state index contributed by atoms with van der Waals surface area (Å²) in [6.07, 6.45) is 7.24. The van der Waals surface area contributed by atoms with Crippen LogP contribution >= 0.6 is 0 Å². The Labute approximate surface area is 110 Å². The first-order chi connectivity index (χ1) is 8.74. The fourth-order valence-corrected chi connectivity index (χ4v) is 3.62. The zero-order chi connectivity index (χ0) is 12.5. The van der Waals surface area contributed by atoms with E-state index in [1.165, 1.54) is 25.7 Å². The lowest BCUT2D eigenvalue weighted by molar-refractivity contribution is 0.144. The highest BCUT2D eigenvalue weighted by Gasteiger charge is 2.38. The van der Waals surface area contributed by atoms with Crippen molar-refractivity contribution in [1.82, 2.24) is 15.2 Å². The van der Waals surface area contributed by atoms with Crippen LogP contribution in [0.2, 0.25) is 0 Å². The molecule has 98 valence electrons. The molecule has 0 aromatic carbocycles. The van der Waals surface area contributed by atoms with Crippen molar-refractivity contribution in [2.45, 2.75) is 56.8 Å². The smallest absolute Gasteiger partial charge is 0.0570 e. The van der Waals surface area contributed by atoms with Gasteiger partial charge < -0.3 is 10.2 Å². The zero-order valence-electron chi connectivity index (χ0n) is 11.3. The van der Waals surface area contributed by atoms with E-state index in [9.17, 15) is 0 Å². The van der Waals surface area contributed by atoms with Gasteiger partial charge in [0.1, 0.15) is 0 Å². The minimum absolute atomic E-state index is 0.360. The van der Waals surface area contributed by atoms with Gasteiger partial charge in [0.25, 0.3) is 0 Å². The van der Waals surface area contributed by atoms with E-state index in [0.29, 0.717) is 12.1 Å².